The number of nitrogens with one attached hydrogen (secondary N) is 2. The summed E-state index contributed by atoms with van der Waals surface area (Å²) >= 11 is 0. The Labute approximate surface area is 194 Å². The van der Waals surface area contributed by atoms with E-state index in [-0.39, 0.29) is 17.8 Å². The molecule has 1 heterocycles. The number of halogens is 1. The van der Waals surface area contributed by atoms with Crippen molar-refractivity contribution in [3.63, 3.8) is 0 Å². The minimum Gasteiger partial charge on any atom is -0.491 e. The van der Waals surface area contributed by atoms with Crippen molar-refractivity contribution < 1.29 is 18.8 Å². The molecule has 6 heteroatoms. The van der Waals surface area contributed by atoms with Crippen molar-refractivity contribution in [2.24, 2.45) is 0 Å². The van der Waals surface area contributed by atoms with E-state index in [9.17, 15) is 9.18 Å². The fourth-order valence-electron chi connectivity index (χ4n) is 4.11. The third kappa shape index (κ3) is 6.11. The van der Waals surface area contributed by atoms with Gasteiger partial charge in [0, 0.05) is 22.5 Å². The number of hydrogen-bond donors (Lipinski definition) is 2. The first-order valence-electron chi connectivity index (χ1n) is 11.5. The number of anilines is 2. The summed E-state index contributed by atoms with van der Waals surface area (Å²) in [5.41, 5.74) is 3.22. The van der Waals surface area contributed by atoms with Crippen LogP contribution in [0.4, 0.5) is 15.8 Å². The van der Waals surface area contributed by atoms with Crippen LogP contribution in [0.3, 0.4) is 0 Å². The van der Waals surface area contributed by atoms with Crippen LogP contribution in [0.25, 0.3) is 0 Å². The lowest BCUT2D eigenvalue weighted by Gasteiger charge is -2.33. The highest BCUT2D eigenvalue weighted by Crippen LogP contribution is 2.20. The molecule has 0 radical (unpaired) electrons. The first-order valence-corrected chi connectivity index (χ1v) is 11.5. The van der Waals surface area contributed by atoms with Crippen LogP contribution < -0.4 is 19.9 Å². The lowest BCUT2D eigenvalue weighted by molar-refractivity contribution is -0.914. The minimum absolute atomic E-state index is 0.0545. The second-order valence-electron chi connectivity index (χ2n) is 8.70. The Balaban J connectivity index is 1.31. The fourth-order valence-corrected chi connectivity index (χ4v) is 4.11. The number of piperazine rings is 1. The molecule has 5 nitrogen and oxygen atoms in total. The van der Waals surface area contributed by atoms with Crippen LogP contribution in [0.1, 0.15) is 29.8 Å². The van der Waals surface area contributed by atoms with Crippen molar-refractivity contribution in [3.8, 4) is 5.75 Å². The largest absolute Gasteiger partial charge is 0.491 e. The van der Waals surface area contributed by atoms with Gasteiger partial charge in [-0.15, -0.1) is 0 Å². The molecule has 0 unspecified atom stereocenters. The van der Waals surface area contributed by atoms with Crippen LogP contribution in [-0.4, -0.2) is 38.2 Å². The number of rotatable bonds is 7. The molecule has 1 saturated heterocycles. The first-order chi connectivity index (χ1) is 16.0. The molecule has 1 amide bonds. The van der Waals surface area contributed by atoms with E-state index in [0.29, 0.717) is 11.3 Å². The molecular formula is C27H31FN3O2+. The smallest absolute Gasteiger partial charge is 0.255 e. The van der Waals surface area contributed by atoms with Crippen molar-refractivity contribution >= 4 is 17.3 Å². The van der Waals surface area contributed by atoms with Gasteiger partial charge in [0.25, 0.3) is 5.91 Å². The van der Waals surface area contributed by atoms with Gasteiger partial charge in [-0.05, 0) is 62.4 Å². The summed E-state index contributed by atoms with van der Waals surface area (Å²) < 4.78 is 19.6. The average molecular weight is 449 g/mol. The second-order valence-corrected chi connectivity index (χ2v) is 8.70. The van der Waals surface area contributed by atoms with Gasteiger partial charge < -0.3 is 19.9 Å². The lowest BCUT2D eigenvalue weighted by atomic mass is 10.1. The molecule has 0 bridgehead atoms. The summed E-state index contributed by atoms with van der Waals surface area (Å²) in [5, 5.41) is 2.96. The third-order valence-corrected chi connectivity index (χ3v) is 5.83. The summed E-state index contributed by atoms with van der Waals surface area (Å²) in [6.45, 7) is 8.38. The number of amides is 1. The highest BCUT2D eigenvalue weighted by atomic mass is 19.1. The molecule has 1 aliphatic heterocycles. The molecule has 1 aliphatic rings. The molecule has 0 spiro atoms. The first kappa shape index (κ1) is 22.8. The molecule has 0 saturated carbocycles. The number of carbonyl (C=O) groups excluding carboxylic acids is 1. The molecule has 0 aromatic heterocycles. The summed E-state index contributed by atoms with van der Waals surface area (Å²) in [6, 6.07) is 22.2. The van der Waals surface area contributed by atoms with Gasteiger partial charge in [-0.3, -0.25) is 4.79 Å². The van der Waals surface area contributed by atoms with E-state index < -0.39 is 0 Å². The maximum absolute atomic E-state index is 13.9. The van der Waals surface area contributed by atoms with Crippen LogP contribution in [0, 0.1) is 5.82 Å². The van der Waals surface area contributed by atoms with Crippen molar-refractivity contribution in [1.82, 2.24) is 0 Å². The van der Waals surface area contributed by atoms with Crippen molar-refractivity contribution in [1.29, 1.82) is 0 Å². The van der Waals surface area contributed by atoms with Crippen LogP contribution >= 0.6 is 0 Å². The highest BCUT2D eigenvalue weighted by Gasteiger charge is 2.21. The number of ether oxygens (including phenoxy) is 1. The van der Waals surface area contributed by atoms with Gasteiger partial charge in [0.2, 0.25) is 0 Å². The van der Waals surface area contributed by atoms with Crippen LogP contribution in [0.15, 0.2) is 72.8 Å². The monoisotopic (exact) mass is 448 g/mol. The van der Waals surface area contributed by atoms with E-state index in [1.165, 1.54) is 11.0 Å². The van der Waals surface area contributed by atoms with Gasteiger partial charge in [0.15, 0.2) is 0 Å². The summed E-state index contributed by atoms with van der Waals surface area (Å²) in [4.78, 5) is 16.4. The normalized spacial score (nSPS) is 14.4. The van der Waals surface area contributed by atoms with E-state index in [1.54, 1.807) is 18.2 Å². The number of quaternary nitrogens is 1. The SMILES string of the molecule is CC(C)Oc1cccc(C(=O)Nc2ccc(N3CC[NH+](Cc4ccccc4F)CC3)cc2)c1. The maximum Gasteiger partial charge on any atom is 0.255 e. The molecule has 172 valence electrons. The highest BCUT2D eigenvalue weighted by molar-refractivity contribution is 6.04. The zero-order chi connectivity index (χ0) is 23.2. The van der Waals surface area contributed by atoms with Gasteiger partial charge in [0.05, 0.1) is 32.3 Å². The van der Waals surface area contributed by atoms with E-state index in [2.05, 4.69) is 10.2 Å². The topological polar surface area (TPSA) is 46.0 Å². The molecule has 4 rings (SSSR count). The minimum atomic E-state index is -0.165. The zero-order valence-electron chi connectivity index (χ0n) is 19.2. The molecule has 0 atom stereocenters. The second kappa shape index (κ2) is 10.5. The van der Waals surface area contributed by atoms with Gasteiger partial charge in [-0.1, -0.05) is 24.3 Å². The van der Waals surface area contributed by atoms with E-state index >= 15 is 0 Å². The van der Waals surface area contributed by atoms with Crippen LogP contribution in [0.5, 0.6) is 5.75 Å². The van der Waals surface area contributed by atoms with E-state index in [1.807, 2.05) is 62.4 Å². The lowest BCUT2D eigenvalue weighted by Crippen LogP contribution is -3.13. The Hall–Kier alpha value is -3.38. The molecule has 2 N–H and O–H groups in total. The Morgan fingerprint density at radius 3 is 2.45 bits per heavy atom. The number of benzene rings is 3. The Morgan fingerprint density at radius 2 is 1.76 bits per heavy atom. The van der Waals surface area contributed by atoms with Crippen molar-refractivity contribution in [2.45, 2.75) is 26.5 Å². The number of hydrogen-bond acceptors (Lipinski definition) is 3. The molecule has 3 aromatic rings. The number of nitrogens with zero attached hydrogens (tertiary/aromatic N) is 1. The fraction of sp³-hybridized carbons (Fsp3) is 0.296. The predicted molar refractivity (Wildman–Crippen MR) is 130 cm³/mol. The molecule has 33 heavy (non-hydrogen) atoms. The Kier molecular flexibility index (Phi) is 7.25. The Bertz CT molecular complexity index is 1080. The van der Waals surface area contributed by atoms with E-state index in [0.717, 1.165) is 49.7 Å². The van der Waals surface area contributed by atoms with Crippen LogP contribution in [0.2, 0.25) is 0 Å². The Morgan fingerprint density at radius 1 is 1.03 bits per heavy atom. The van der Waals surface area contributed by atoms with Gasteiger partial charge in [-0.2, -0.15) is 0 Å². The maximum atomic E-state index is 13.9. The summed E-state index contributed by atoms with van der Waals surface area (Å²) in [5.74, 6) is 0.399. The third-order valence-electron chi connectivity index (χ3n) is 5.83. The molecule has 0 aliphatic carbocycles. The van der Waals surface area contributed by atoms with E-state index in [4.69, 9.17) is 4.74 Å². The van der Waals surface area contributed by atoms with Crippen molar-refractivity contribution in [3.05, 3.63) is 89.7 Å². The van der Waals surface area contributed by atoms with Gasteiger partial charge in [0.1, 0.15) is 18.1 Å². The standard InChI is InChI=1S/C27H30FN3O2/c1-20(2)33-25-8-5-7-21(18-25)27(32)29-23-10-12-24(13-11-23)31-16-14-30(15-17-31)19-22-6-3-4-9-26(22)28/h3-13,18,20H,14-17,19H2,1-2H3,(H,29,32)/p+1. The zero-order valence-corrected chi connectivity index (χ0v) is 19.2. The summed E-state index contributed by atoms with van der Waals surface area (Å²) in [6.07, 6.45) is 0.0545. The summed E-state index contributed by atoms with van der Waals surface area (Å²) in [7, 11) is 0. The van der Waals surface area contributed by atoms with Gasteiger partial charge >= 0.3 is 0 Å². The average Bonchev–Trinajstić information content (AvgIpc) is 2.81. The van der Waals surface area contributed by atoms with Crippen molar-refractivity contribution in [2.75, 3.05) is 36.4 Å². The predicted octanol–water partition coefficient (Wildman–Crippen LogP) is 3.77. The molecule has 3 aromatic carbocycles. The van der Waals surface area contributed by atoms with Gasteiger partial charge in [-0.25, -0.2) is 4.39 Å². The number of carbonyl (C=O) groups is 1. The quantitative estimate of drug-likeness (QED) is 0.579. The molecule has 1 fully saturated rings. The van der Waals surface area contributed by atoms with Crippen LogP contribution in [-0.2, 0) is 6.54 Å². The molecular weight excluding hydrogens is 417 g/mol.